The van der Waals surface area contributed by atoms with Crippen molar-refractivity contribution in [1.82, 2.24) is 20.3 Å². The van der Waals surface area contributed by atoms with Crippen molar-refractivity contribution in [3.8, 4) is 28.6 Å². The van der Waals surface area contributed by atoms with E-state index >= 15 is 0 Å². The van der Waals surface area contributed by atoms with Crippen LogP contribution in [0.15, 0.2) is 57.5 Å². The summed E-state index contributed by atoms with van der Waals surface area (Å²) in [4.78, 5) is 4.34. The average molecular weight is 369 g/mol. The van der Waals surface area contributed by atoms with Crippen molar-refractivity contribution in [2.75, 3.05) is 7.11 Å². The largest absolute Gasteiger partial charge is 0.497 e. The van der Waals surface area contributed by atoms with E-state index in [9.17, 15) is 0 Å². The van der Waals surface area contributed by atoms with Crippen LogP contribution in [0.4, 0.5) is 0 Å². The van der Waals surface area contributed by atoms with Gasteiger partial charge >= 0.3 is 0 Å². The minimum absolute atomic E-state index is 0.231. The smallest absolute Gasteiger partial charge is 0.247 e. The van der Waals surface area contributed by atoms with Gasteiger partial charge in [0.25, 0.3) is 0 Å². The Bertz CT molecular complexity index is 1040. The van der Waals surface area contributed by atoms with E-state index in [1.54, 1.807) is 13.2 Å². The molecule has 0 saturated heterocycles. The zero-order chi connectivity index (χ0) is 17.9. The van der Waals surface area contributed by atoms with Crippen molar-refractivity contribution in [2.24, 2.45) is 0 Å². The Morgan fingerprint density at radius 1 is 1.04 bits per heavy atom. The predicted molar refractivity (Wildman–Crippen MR) is 93.8 cm³/mol. The SMILES string of the molecule is COc1cccc(-c2nnc(Cc3nc(-c4ccccc4Cl)no3)o2)c1. The fourth-order valence-corrected chi connectivity index (χ4v) is 2.63. The summed E-state index contributed by atoms with van der Waals surface area (Å²) in [5, 5.41) is 12.6. The summed E-state index contributed by atoms with van der Waals surface area (Å²) in [6.45, 7) is 0. The molecule has 0 atom stereocenters. The second-order valence-corrected chi connectivity index (χ2v) is 5.81. The first-order valence-corrected chi connectivity index (χ1v) is 8.15. The van der Waals surface area contributed by atoms with Crippen molar-refractivity contribution in [3.05, 3.63) is 65.3 Å². The lowest BCUT2D eigenvalue weighted by atomic mass is 10.2. The zero-order valence-electron chi connectivity index (χ0n) is 13.7. The van der Waals surface area contributed by atoms with Gasteiger partial charge in [0.1, 0.15) is 12.2 Å². The van der Waals surface area contributed by atoms with Gasteiger partial charge in [-0.25, -0.2) is 0 Å². The van der Waals surface area contributed by atoms with Crippen LogP contribution in [0.25, 0.3) is 22.8 Å². The first-order valence-electron chi connectivity index (χ1n) is 7.77. The van der Waals surface area contributed by atoms with Crippen LogP contribution in [0, 0.1) is 0 Å². The van der Waals surface area contributed by atoms with Crippen LogP contribution < -0.4 is 4.74 Å². The van der Waals surface area contributed by atoms with Gasteiger partial charge in [-0.05, 0) is 30.3 Å². The molecule has 130 valence electrons. The zero-order valence-corrected chi connectivity index (χ0v) is 14.5. The van der Waals surface area contributed by atoms with Crippen LogP contribution in [0.1, 0.15) is 11.8 Å². The van der Waals surface area contributed by atoms with Crippen LogP contribution in [-0.4, -0.2) is 27.4 Å². The molecule has 2 aromatic heterocycles. The van der Waals surface area contributed by atoms with Gasteiger partial charge in [0.2, 0.25) is 23.5 Å². The van der Waals surface area contributed by atoms with Gasteiger partial charge < -0.3 is 13.7 Å². The molecular weight excluding hydrogens is 356 g/mol. The third-order valence-corrected chi connectivity index (χ3v) is 4.00. The Hall–Kier alpha value is -3.19. The molecule has 4 aromatic rings. The van der Waals surface area contributed by atoms with Crippen LogP contribution in [0.3, 0.4) is 0 Å². The molecule has 0 aliphatic heterocycles. The van der Waals surface area contributed by atoms with Crippen molar-refractivity contribution in [3.63, 3.8) is 0 Å². The second kappa shape index (κ2) is 6.97. The summed E-state index contributed by atoms with van der Waals surface area (Å²) in [6, 6.07) is 14.7. The molecule has 0 aliphatic rings. The quantitative estimate of drug-likeness (QED) is 0.525. The lowest BCUT2D eigenvalue weighted by molar-refractivity contribution is 0.374. The first-order chi connectivity index (χ1) is 12.7. The Morgan fingerprint density at radius 3 is 2.77 bits per heavy atom. The van der Waals surface area contributed by atoms with Gasteiger partial charge in [-0.2, -0.15) is 4.98 Å². The lowest BCUT2D eigenvalue weighted by Gasteiger charge is -1.99. The Labute approximate surface area is 153 Å². The highest BCUT2D eigenvalue weighted by Gasteiger charge is 2.15. The number of halogens is 1. The van der Waals surface area contributed by atoms with Gasteiger partial charge in [0, 0.05) is 11.1 Å². The van der Waals surface area contributed by atoms with E-state index in [0.29, 0.717) is 39.8 Å². The highest BCUT2D eigenvalue weighted by molar-refractivity contribution is 6.33. The van der Waals surface area contributed by atoms with E-state index in [-0.39, 0.29) is 6.42 Å². The molecule has 0 aliphatic carbocycles. The van der Waals surface area contributed by atoms with Gasteiger partial charge in [-0.15, -0.1) is 10.2 Å². The second-order valence-electron chi connectivity index (χ2n) is 5.40. The molecule has 26 heavy (non-hydrogen) atoms. The Kier molecular flexibility index (Phi) is 4.37. The van der Waals surface area contributed by atoms with Crippen molar-refractivity contribution >= 4 is 11.6 Å². The molecule has 0 saturated carbocycles. The Morgan fingerprint density at radius 2 is 1.92 bits per heavy atom. The molecule has 0 N–H and O–H groups in total. The van der Waals surface area contributed by atoms with E-state index in [0.717, 1.165) is 5.56 Å². The molecule has 0 bridgehead atoms. The molecule has 2 aromatic carbocycles. The highest BCUT2D eigenvalue weighted by atomic mass is 35.5. The first kappa shape index (κ1) is 16.3. The third kappa shape index (κ3) is 3.29. The molecule has 7 nitrogen and oxygen atoms in total. The molecule has 8 heteroatoms. The molecule has 0 spiro atoms. The fraction of sp³-hybridized carbons (Fsp3) is 0.111. The van der Waals surface area contributed by atoms with E-state index < -0.39 is 0 Å². The summed E-state index contributed by atoms with van der Waals surface area (Å²) in [5.74, 6) is 2.25. The lowest BCUT2D eigenvalue weighted by Crippen LogP contribution is -1.89. The molecule has 0 fully saturated rings. The molecule has 0 radical (unpaired) electrons. The number of nitrogens with zero attached hydrogens (tertiary/aromatic N) is 4. The number of hydrogen-bond acceptors (Lipinski definition) is 7. The Balaban J connectivity index is 1.54. The topological polar surface area (TPSA) is 87.1 Å². The summed E-state index contributed by atoms with van der Waals surface area (Å²) < 4.78 is 16.1. The van der Waals surface area contributed by atoms with Crippen LogP contribution in [0.5, 0.6) is 5.75 Å². The summed E-state index contributed by atoms with van der Waals surface area (Å²) in [5.41, 5.74) is 1.47. The predicted octanol–water partition coefficient (Wildman–Crippen LogP) is 4.04. The molecule has 0 amide bonds. The number of benzene rings is 2. The number of methoxy groups -OCH3 is 1. The number of aromatic nitrogens is 4. The number of ether oxygens (including phenoxy) is 1. The van der Waals surface area contributed by atoms with E-state index in [1.165, 1.54) is 0 Å². The normalized spacial score (nSPS) is 10.8. The third-order valence-electron chi connectivity index (χ3n) is 3.67. The summed E-state index contributed by atoms with van der Waals surface area (Å²) in [7, 11) is 1.60. The van der Waals surface area contributed by atoms with Gasteiger partial charge in [-0.3, -0.25) is 0 Å². The van der Waals surface area contributed by atoms with Gasteiger partial charge in [0.15, 0.2) is 0 Å². The minimum atomic E-state index is 0.231. The minimum Gasteiger partial charge on any atom is -0.497 e. The number of hydrogen-bond donors (Lipinski definition) is 0. The summed E-state index contributed by atoms with van der Waals surface area (Å²) >= 11 is 6.15. The molecule has 0 unspecified atom stereocenters. The van der Waals surface area contributed by atoms with Gasteiger partial charge in [-0.1, -0.05) is 35.0 Å². The highest BCUT2D eigenvalue weighted by Crippen LogP contribution is 2.26. The van der Waals surface area contributed by atoms with Crippen molar-refractivity contribution in [2.45, 2.75) is 6.42 Å². The van der Waals surface area contributed by atoms with E-state index in [2.05, 4.69) is 20.3 Å². The summed E-state index contributed by atoms with van der Waals surface area (Å²) in [6.07, 6.45) is 0.231. The maximum atomic E-state index is 6.15. The van der Waals surface area contributed by atoms with Crippen LogP contribution in [-0.2, 0) is 6.42 Å². The average Bonchev–Trinajstić information content (AvgIpc) is 3.32. The van der Waals surface area contributed by atoms with E-state index in [4.69, 9.17) is 25.3 Å². The monoisotopic (exact) mass is 368 g/mol. The maximum Gasteiger partial charge on any atom is 0.247 e. The van der Waals surface area contributed by atoms with Crippen LogP contribution in [0.2, 0.25) is 5.02 Å². The van der Waals surface area contributed by atoms with Gasteiger partial charge in [0.05, 0.1) is 12.1 Å². The molecule has 4 rings (SSSR count). The number of rotatable bonds is 5. The van der Waals surface area contributed by atoms with Crippen LogP contribution >= 0.6 is 11.6 Å². The standard InChI is InChI=1S/C18H13ClN4O3/c1-24-12-6-4-5-11(9-12)18-22-21-16(25-18)10-15-20-17(23-26-15)13-7-2-3-8-14(13)19/h2-9H,10H2,1H3. The fourth-order valence-electron chi connectivity index (χ4n) is 2.41. The molecule has 2 heterocycles. The van der Waals surface area contributed by atoms with Crippen molar-refractivity contribution < 1.29 is 13.7 Å². The molecular formula is C18H13ClN4O3. The van der Waals surface area contributed by atoms with E-state index in [1.807, 2.05) is 42.5 Å². The maximum absolute atomic E-state index is 6.15. The van der Waals surface area contributed by atoms with Crippen molar-refractivity contribution in [1.29, 1.82) is 0 Å².